The van der Waals surface area contributed by atoms with Gasteiger partial charge in [0.25, 0.3) is 0 Å². The first-order valence-corrected chi connectivity index (χ1v) is 9.35. The molecule has 1 aliphatic rings. The minimum atomic E-state index is 0.985. The van der Waals surface area contributed by atoms with E-state index >= 15 is 0 Å². The molecule has 3 rings (SSSR count). The highest BCUT2D eigenvalue weighted by atomic mass is 16.5. The number of hydrogen-bond acceptors (Lipinski definition) is 2. The summed E-state index contributed by atoms with van der Waals surface area (Å²) >= 11 is 0. The average molecular weight is 323 g/mol. The Balaban J connectivity index is 1.77. The zero-order valence-electron chi connectivity index (χ0n) is 15.3. The third-order valence-corrected chi connectivity index (χ3v) is 4.77. The molecule has 2 aromatic rings. The molecule has 128 valence electrons. The van der Waals surface area contributed by atoms with Crippen LogP contribution < -0.4 is 9.64 Å². The first kappa shape index (κ1) is 16.9. The van der Waals surface area contributed by atoms with Crippen LogP contribution in [0.1, 0.15) is 56.6 Å². The number of hydrogen-bond donors (Lipinski definition) is 0. The van der Waals surface area contributed by atoms with E-state index in [2.05, 4.69) is 62.1 Å². The van der Waals surface area contributed by atoms with Crippen molar-refractivity contribution in [1.82, 2.24) is 0 Å². The van der Waals surface area contributed by atoms with Gasteiger partial charge in [-0.15, -0.1) is 0 Å². The Hall–Kier alpha value is -1.96. The standard InChI is InChI=1S/C22H29NO/c1-4-5-6-7-8-9-14-23-19-12-10-17(2)15-21(19)24-22-16-18(3)11-13-20(22)23/h10-13,15-16H,4-9,14H2,1-3H3. The molecule has 0 unspecified atom stereocenters. The fourth-order valence-electron chi connectivity index (χ4n) is 3.39. The summed E-state index contributed by atoms with van der Waals surface area (Å²) in [5, 5.41) is 0. The summed E-state index contributed by atoms with van der Waals surface area (Å²) in [4.78, 5) is 2.44. The monoisotopic (exact) mass is 323 g/mol. The first-order chi connectivity index (χ1) is 11.7. The molecule has 0 saturated carbocycles. The molecule has 0 amide bonds. The molecule has 0 aliphatic carbocycles. The fraction of sp³-hybridized carbons (Fsp3) is 0.455. The second-order valence-electron chi connectivity index (χ2n) is 6.96. The van der Waals surface area contributed by atoms with Gasteiger partial charge in [-0.05, 0) is 55.7 Å². The van der Waals surface area contributed by atoms with Crippen LogP contribution in [0.25, 0.3) is 0 Å². The van der Waals surface area contributed by atoms with Gasteiger partial charge in [0.15, 0.2) is 11.5 Å². The van der Waals surface area contributed by atoms with Crippen LogP contribution in [-0.4, -0.2) is 6.54 Å². The SMILES string of the molecule is CCCCCCCCN1c2ccc(C)cc2Oc2cc(C)ccc21. The lowest BCUT2D eigenvalue weighted by Gasteiger charge is -2.33. The first-order valence-electron chi connectivity index (χ1n) is 9.35. The van der Waals surface area contributed by atoms with Crippen molar-refractivity contribution in [2.24, 2.45) is 0 Å². The van der Waals surface area contributed by atoms with E-state index in [0.29, 0.717) is 0 Å². The molecule has 0 N–H and O–H groups in total. The number of fused-ring (bicyclic) bond motifs is 2. The van der Waals surface area contributed by atoms with Crippen molar-refractivity contribution < 1.29 is 4.74 Å². The predicted molar refractivity (Wildman–Crippen MR) is 103 cm³/mol. The zero-order valence-corrected chi connectivity index (χ0v) is 15.3. The van der Waals surface area contributed by atoms with Gasteiger partial charge in [0.1, 0.15) is 0 Å². The summed E-state index contributed by atoms with van der Waals surface area (Å²) in [6.45, 7) is 7.56. The molecule has 0 radical (unpaired) electrons. The van der Waals surface area contributed by atoms with Gasteiger partial charge in [0.2, 0.25) is 0 Å². The molecule has 2 aromatic carbocycles. The summed E-state index contributed by atoms with van der Waals surface area (Å²) in [6, 6.07) is 13.0. The van der Waals surface area contributed by atoms with E-state index in [1.54, 1.807) is 0 Å². The van der Waals surface area contributed by atoms with Crippen LogP contribution >= 0.6 is 0 Å². The quantitative estimate of drug-likeness (QED) is 0.513. The molecule has 1 aliphatic heterocycles. The number of anilines is 2. The van der Waals surface area contributed by atoms with Gasteiger partial charge in [0.05, 0.1) is 11.4 Å². The minimum Gasteiger partial charge on any atom is -0.453 e. The molecular formula is C22H29NO. The molecule has 0 saturated heterocycles. The Kier molecular flexibility index (Phi) is 5.44. The zero-order chi connectivity index (χ0) is 16.9. The molecular weight excluding hydrogens is 294 g/mol. The normalized spacial score (nSPS) is 12.5. The Bertz CT molecular complexity index is 641. The van der Waals surface area contributed by atoms with E-state index in [9.17, 15) is 0 Å². The summed E-state index contributed by atoms with van der Waals surface area (Å²) in [5.41, 5.74) is 4.88. The van der Waals surface area contributed by atoms with Gasteiger partial charge in [-0.3, -0.25) is 0 Å². The van der Waals surface area contributed by atoms with E-state index in [-0.39, 0.29) is 0 Å². The van der Waals surface area contributed by atoms with E-state index in [1.165, 1.54) is 61.0 Å². The molecule has 2 heteroatoms. The third-order valence-electron chi connectivity index (χ3n) is 4.77. The summed E-state index contributed by atoms with van der Waals surface area (Å²) in [6.07, 6.45) is 7.92. The highest BCUT2D eigenvalue weighted by Gasteiger charge is 2.24. The van der Waals surface area contributed by atoms with Crippen molar-refractivity contribution in [1.29, 1.82) is 0 Å². The van der Waals surface area contributed by atoms with Crippen molar-refractivity contribution >= 4 is 11.4 Å². The molecule has 0 atom stereocenters. The van der Waals surface area contributed by atoms with Gasteiger partial charge in [-0.1, -0.05) is 51.2 Å². The van der Waals surface area contributed by atoms with Crippen LogP contribution in [0.3, 0.4) is 0 Å². The predicted octanol–water partition coefficient (Wildman–Crippen LogP) is 6.91. The molecule has 0 fully saturated rings. The second-order valence-corrected chi connectivity index (χ2v) is 6.96. The van der Waals surface area contributed by atoms with E-state index in [1.807, 2.05) is 0 Å². The summed E-state index contributed by atoms with van der Waals surface area (Å²) in [7, 11) is 0. The number of benzene rings is 2. The van der Waals surface area contributed by atoms with Gasteiger partial charge >= 0.3 is 0 Å². The minimum absolute atomic E-state index is 0.985. The second kappa shape index (κ2) is 7.74. The van der Waals surface area contributed by atoms with Crippen LogP contribution in [0.15, 0.2) is 36.4 Å². The topological polar surface area (TPSA) is 12.5 Å². The average Bonchev–Trinajstić information content (AvgIpc) is 2.56. The lowest BCUT2D eigenvalue weighted by Crippen LogP contribution is -2.22. The van der Waals surface area contributed by atoms with Crippen LogP contribution in [0, 0.1) is 13.8 Å². The molecule has 0 spiro atoms. The number of unbranched alkanes of at least 4 members (excludes halogenated alkanes) is 5. The van der Waals surface area contributed by atoms with Gasteiger partial charge in [0, 0.05) is 6.54 Å². The van der Waals surface area contributed by atoms with Crippen LogP contribution in [0.2, 0.25) is 0 Å². The molecule has 1 heterocycles. The molecule has 0 bridgehead atoms. The van der Waals surface area contributed by atoms with Crippen molar-refractivity contribution in [3.05, 3.63) is 47.5 Å². The van der Waals surface area contributed by atoms with E-state index < -0.39 is 0 Å². The Labute approximate surface area is 146 Å². The van der Waals surface area contributed by atoms with Crippen LogP contribution in [-0.2, 0) is 0 Å². The number of ether oxygens (including phenoxy) is 1. The van der Waals surface area contributed by atoms with Crippen molar-refractivity contribution in [2.75, 3.05) is 11.4 Å². The molecule has 2 nitrogen and oxygen atoms in total. The number of aryl methyl sites for hydroxylation is 2. The van der Waals surface area contributed by atoms with Crippen molar-refractivity contribution in [3.63, 3.8) is 0 Å². The maximum Gasteiger partial charge on any atom is 0.151 e. The van der Waals surface area contributed by atoms with Gasteiger partial charge in [-0.25, -0.2) is 0 Å². The largest absolute Gasteiger partial charge is 0.453 e. The van der Waals surface area contributed by atoms with Gasteiger partial charge in [-0.2, -0.15) is 0 Å². The highest BCUT2D eigenvalue weighted by Crippen LogP contribution is 2.47. The van der Waals surface area contributed by atoms with Crippen molar-refractivity contribution in [3.8, 4) is 11.5 Å². The fourth-order valence-corrected chi connectivity index (χ4v) is 3.39. The maximum absolute atomic E-state index is 6.19. The maximum atomic E-state index is 6.19. The Morgan fingerprint density at radius 1 is 0.750 bits per heavy atom. The Morgan fingerprint density at radius 2 is 1.29 bits per heavy atom. The number of nitrogens with zero attached hydrogens (tertiary/aromatic N) is 1. The van der Waals surface area contributed by atoms with Crippen LogP contribution in [0.5, 0.6) is 11.5 Å². The lowest BCUT2D eigenvalue weighted by molar-refractivity contribution is 0.471. The third kappa shape index (κ3) is 3.75. The van der Waals surface area contributed by atoms with E-state index in [4.69, 9.17) is 4.74 Å². The summed E-state index contributed by atoms with van der Waals surface area (Å²) in [5.74, 6) is 1.97. The van der Waals surface area contributed by atoms with Gasteiger partial charge < -0.3 is 9.64 Å². The smallest absolute Gasteiger partial charge is 0.151 e. The number of rotatable bonds is 7. The molecule has 24 heavy (non-hydrogen) atoms. The highest BCUT2D eigenvalue weighted by molar-refractivity contribution is 5.78. The Morgan fingerprint density at radius 3 is 1.88 bits per heavy atom. The van der Waals surface area contributed by atoms with Crippen molar-refractivity contribution in [2.45, 2.75) is 59.3 Å². The molecule has 0 aromatic heterocycles. The van der Waals surface area contributed by atoms with Crippen LogP contribution in [0.4, 0.5) is 11.4 Å². The summed E-state index contributed by atoms with van der Waals surface area (Å²) < 4.78 is 6.19. The van der Waals surface area contributed by atoms with E-state index in [0.717, 1.165) is 18.0 Å². The lowest BCUT2D eigenvalue weighted by atomic mass is 10.1.